The van der Waals surface area contributed by atoms with Gasteiger partial charge in [0, 0.05) is 30.0 Å². The lowest BCUT2D eigenvalue weighted by Gasteiger charge is -2.33. The van der Waals surface area contributed by atoms with Gasteiger partial charge in [-0.1, -0.05) is 11.6 Å². The Morgan fingerprint density at radius 3 is 2.76 bits per heavy atom. The van der Waals surface area contributed by atoms with Crippen molar-refractivity contribution < 1.29 is 12.8 Å². The predicted molar refractivity (Wildman–Crippen MR) is 78.1 cm³/mol. The summed E-state index contributed by atoms with van der Waals surface area (Å²) in [5, 5.41) is 0.173. The monoisotopic (exact) mass is 328 g/mol. The van der Waals surface area contributed by atoms with Crippen LogP contribution in [0.2, 0.25) is 5.02 Å². The van der Waals surface area contributed by atoms with Gasteiger partial charge in [-0.25, -0.2) is 12.8 Å². The Hall–Kier alpha value is -1.37. The number of nitrogens with zero attached hydrogens (tertiary/aromatic N) is 2. The Bertz CT molecular complexity index is 788. The maximum Gasteiger partial charge on any atom is 0.246 e. The van der Waals surface area contributed by atoms with Crippen molar-refractivity contribution in [3.8, 4) is 0 Å². The summed E-state index contributed by atoms with van der Waals surface area (Å²) < 4.78 is 42.7. The van der Waals surface area contributed by atoms with Gasteiger partial charge in [0.05, 0.1) is 6.04 Å². The number of hydrogen-bond donors (Lipinski definition) is 0. The molecule has 1 unspecified atom stereocenters. The van der Waals surface area contributed by atoms with Gasteiger partial charge in [0.25, 0.3) is 0 Å². The first-order chi connectivity index (χ1) is 9.91. The topological polar surface area (TPSA) is 42.3 Å². The van der Waals surface area contributed by atoms with Gasteiger partial charge in [-0.3, -0.25) is 0 Å². The zero-order valence-electron chi connectivity index (χ0n) is 11.3. The molecule has 0 aliphatic carbocycles. The van der Waals surface area contributed by atoms with Gasteiger partial charge < -0.3 is 4.57 Å². The average Bonchev–Trinajstić information content (AvgIpc) is 2.87. The van der Waals surface area contributed by atoms with Crippen LogP contribution in [0.25, 0.3) is 0 Å². The third-order valence-electron chi connectivity index (χ3n) is 3.77. The largest absolute Gasteiger partial charge is 0.349 e. The molecular formula is C14H14ClFN2O2S. The fourth-order valence-electron chi connectivity index (χ4n) is 2.70. The summed E-state index contributed by atoms with van der Waals surface area (Å²) in [5.74, 6) is -0.823. The molecule has 1 atom stereocenters. The highest BCUT2D eigenvalue weighted by Crippen LogP contribution is 2.32. The minimum absolute atomic E-state index is 0.173. The van der Waals surface area contributed by atoms with Gasteiger partial charge >= 0.3 is 0 Å². The Kier molecular flexibility index (Phi) is 3.55. The molecule has 0 bridgehead atoms. The lowest BCUT2D eigenvalue weighted by Crippen LogP contribution is -2.40. The molecule has 2 aromatic rings. The van der Waals surface area contributed by atoms with Gasteiger partial charge in [0.2, 0.25) is 10.0 Å². The van der Waals surface area contributed by atoms with Crippen molar-refractivity contribution in [3.63, 3.8) is 0 Å². The number of benzene rings is 1. The first-order valence-electron chi connectivity index (χ1n) is 6.53. The van der Waals surface area contributed by atoms with Crippen molar-refractivity contribution in [2.24, 2.45) is 0 Å². The molecule has 0 spiro atoms. The SMILES string of the molecule is CC1c2cccn2CCN1S(=O)(=O)c1ccc(Cl)cc1F. The van der Waals surface area contributed by atoms with Crippen molar-refractivity contribution in [2.75, 3.05) is 6.54 Å². The lowest BCUT2D eigenvalue weighted by atomic mass is 10.2. The summed E-state index contributed by atoms with van der Waals surface area (Å²) in [6.45, 7) is 2.67. The Balaban J connectivity index is 2.03. The van der Waals surface area contributed by atoms with Crippen LogP contribution < -0.4 is 0 Å². The van der Waals surface area contributed by atoms with Gasteiger partial charge in [0.15, 0.2) is 0 Å². The summed E-state index contributed by atoms with van der Waals surface area (Å²) >= 11 is 5.68. The van der Waals surface area contributed by atoms with Crippen molar-refractivity contribution in [3.05, 3.63) is 53.1 Å². The van der Waals surface area contributed by atoms with Crippen LogP contribution in [-0.2, 0) is 16.6 Å². The molecule has 0 amide bonds. The third kappa shape index (κ3) is 2.37. The van der Waals surface area contributed by atoms with E-state index in [0.29, 0.717) is 13.1 Å². The van der Waals surface area contributed by atoms with E-state index < -0.39 is 15.8 Å². The van der Waals surface area contributed by atoms with Crippen molar-refractivity contribution in [1.29, 1.82) is 0 Å². The van der Waals surface area contributed by atoms with E-state index in [0.717, 1.165) is 11.8 Å². The summed E-state index contributed by atoms with van der Waals surface area (Å²) in [5.41, 5.74) is 0.902. The highest BCUT2D eigenvalue weighted by atomic mass is 35.5. The van der Waals surface area contributed by atoms with Crippen LogP contribution in [0.1, 0.15) is 18.7 Å². The molecular weight excluding hydrogens is 315 g/mol. The molecule has 21 heavy (non-hydrogen) atoms. The second-order valence-electron chi connectivity index (χ2n) is 4.99. The van der Waals surface area contributed by atoms with E-state index in [9.17, 15) is 12.8 Å². The Labute approximate surface area is 127 Å². The highest BCUT2D eigenvalue weighted by Gasteiger charge is 2.35. The third-order valence-corrected chi connectivity index (χ3v) is 6.00. The van der Waals surface area contributed by atoms with Crippen LogP contribution in [0, 0.1) is 5.82 Å². The zero-order valence-corrected chi connectivity index (χ0v) is 12.9. The van der Waals surface area contributed by atoms with E-state index >= 15 is 0 Å². The molecule has 1 aliphatic heterocycles. The lowest BCUT2D eigenvalue weighted by molar-refractivity contribution is 0.281. The van der Waals surface area contributed by atoms with Crippen LogP contribution in [-0.4, -0.2) is 23.8 Å². The first kappa shape index (κ1) is 14.6. The van der Waals surface area contributed by atoms with E-state index in [1.54, 1.807) is 6.92 Å². The van der Waals surface area contributed by atoms with Crippen LogP contribution in [0.3, 0.4) is 0 Å². The Morgan fingerprint density at radius 1 is 1.29 bits per heavy atom. The molecule has 7 heteroatoms. The van der Waals surface area contributed by atoms with Gasteiger partial charge in [-0.05, 0) is 37.3 Å². The smallest absolute Gasteiger partial charge is 0.246 e. The molecule has 1 aromatic carbocycles. The molecule has 0 saturated heterocycles. The number of hydrogen-bond acceptors (Lipinski definition) is 2. The highest BCUT2D eigenvalue weighted by molar-refractivity contribution is 7.89. The predicted octanol–water partition coefficient (Wildman–Crippen LogP) is 3.05. The van der Waals surface area contributed by atoms with Crippen molar-refractivity contribution >= 4 is 21.6 Å². The van der Waals surface area contributed by atoms with Crippen molar-refractivity contribution in [1.82, 2.24) is 8.87 Å². The van der Waals surface area contributed by atoms with E-state index in [1.807, 2.05) is 22.9 Å². The van der Waals surface area contributed by atoms with E-state index in [2.05, 4.69) is 0 Å². The second kappa shape index (κ2) is 5.12. The summed E-state index contributed by atoms with van der Waals surface area (Å²) in [6, 6.07) is 7.04. The maximum absolute atomic E-state index is 14.0. The summed E-state index contributed by atoms with van der Waals surface area (Å²) in [7, 11) is -3.89. The molecule has 0 saturated carbocycles. The van der Waals surface area contributed by atoms with Crippen molar-refractivity contribution in [2.45, 2.75) is 24.4 Å². The van der Waals surface area contributed by atoms with Crippen LogP contribution >= 0.6 is 11.6 Å². The summed E-state index contributed by atoms with van der Waals surface area (Å²) in [6.07, 6.45) is 1.92. The quantitative estimate of drug-likeness (QED) is 0.850. The van der Waals surface area contributed by atoms with Gasteiger partial charge in [-0.15, -0.1) is 0 Å². The molecule has 1 aliphatic rings. The number of rotatable bonds is 2. The fourth-order valence-corrected chi connectivity index (χ4v) is 4.50. The fraction of sp³-hybridized carbons (Fsp3) is 0.286. The molecule has 0 radical (unpaired) electrons. The van der Waals surface area contributed by atoms with Gasteiger partial charge in [-0.2, -0.15) is 4.31 Å². The van der Waals surface area contributed by atoms with E-state index in [4.69, 9.17) is 11.6 Å². The van der Waals surface area contributed by atoms with Crippen LogP contribution in [0.4, 0.5) is 4.39 Å². The minimum atomic E-state index is -3.89. The Morgan fingerprint density at radius 2 is 2.05 bits per heavy atom. The van der Waals surface area contributed by atoms with Crippen LogP contribution in [0.15, 0.2) is 41.4 Å². The normalized spacial score (nSPS) is 19.5. The standard InChI is InChI=1S/C14H14ClFN2O2S/c1-10-13-3-2-6-17(13)7-8-18(10)21(19,20)14-5-4-11(15)9-12(14)16/h2-6,9-10H,7-8H2,1H3. The maximum atomic E-state index is 14.0. The van der Waals surface area contributed by atoms with Crippen LogP contribution in [0.5, 0.6) is 0 Å². The molecule has 0 fully saturated rings. The number of halogens is 2. The molecule has 2 heterocycles. The van der Waals surface area contributed by atoms with Gasteiger partial charge in [0.1, 0.15) is 10.7 Å². The van der Waals surface area contributed by atoms with E-state index in [1.165, 1.54) is 16.4 Å². The summed E-state index contributed by atoms with van der Waals surface area (Å²) in [4.78, 5) is -0.334. The first-order valence-corrected chi connectivity index (χ1v) is 8.35. The number of sulfonamides is 1. The molecule has 3 rings (SSSR count). The van der Waals surface area contributed by atoms with E-state index in [-0.39, 0.29) is 16.0 Å². The molecule has 112 valence electrons. The second-order valence-corrected chi connectivity index (χ2v) is 7.29. The zero-order chi connectivity index (χ0) is 15.2. The molecule has 1 aromatic heterocycles. The molecule has 4 nitrogen and oxygen atoms in total. The number of fused-ring (bicyclic) bond motifs is 1. The number of aromatic nitrogens is 1. The average molecular weight is 329 g/mol. The molecule has 0 N–H and O–H groups in total. The minimum Gasteiger partial charge on any atom is -0.349 e.